The van der Waals surface area contributed by atoms with Gasteiger partial charge in [-0.3, -0.25) is 4.90 Å². The molecule has 0 bridgehead atoms. The van der Waals surface area contributed by atoms with E-state index in [-0.39, 0.29) is 6.04 Å². The maximum absolute atomic E-state index is 6.18. The number of methoxy groups -OCH3 is 2. The van der Waals surface area contributed by atoms with Crippen LogP contribution >= 0.6 is 11.6 Å². The highest BCUT2D eigenvalue weighted by molar-refractivity contribution is 6.30. The molecule has 5 heteroatoms. The summed E-state index contributed by atoms with van der Waals surface area (Å²) in [7, 11) is 5.39. The summed E-state index contributed by atoms with van der Waals surface area (Å²) >= 11 is 6.18. The zero-order chi connectivity index (χ0) is 14.0. The van der Waals surface area contributed by atoms with Crippen LogP contribution in [0.4, 0.5) is 0 Å². The Bertz CT molecular complexity index is 453. The maximum Gasteiger partial charge on any atom is 0.165 e. The molecule has 1 aliphatic heterocycles. The second-order valence-corrected chi connectivity index (χ2v) is 5.46. The van der Waals surface area contributed by atoms with Crippen molar-refractivity contribution in [3.05, 3.63) is 22.7 Å². The SMILES string of the molecule is COc1cc(Cl)cc(C2CC(CN)CN2C)c1OC. The number of ether oxygens (including phenoxy) is 2. The van der Waals surface area contributed by atoms with Gasteiger partial charge in [-0.15, -0.1) is 0 Å². The topological polar surface area (TPSA) is 47.7 Å². The van der Waals surface area contributed by atoms with E-state index in [4.69, 9.17) is 26.8 Å². The van der Waals surface area contributed by atoms with Gasteiger partial charge in [0.1, 0.15) is 0 Å². The minimum absolute atomic E-state index is 0.274. The van der Waals surface area contributed by atoms with E-state index < -0.39 is 0 Å². The lowest BCUT2D eigenvalue weighted by molar-refractivity contribution is 0.296. The smallest absolute Gasteiger partial charge is 0.165 e. The van der Waals surface area contributed by atoms with Gasteiger partial charge in [-0.25, -0.2) is 0 Å². The van der Waals surface area contributed by atoms with Gasteiger partial charge in [0, 0.05) is 29.2 Å². The number of benzene rings is 1. The van der Waals surface area contributed by atoms with Crippen LogP contribution in [-0.4, -0.2) is 39.3 Å². The average molecular weight is 285 g/mol. The summed E-state index contributed by atoms with van der Waals surface area (Å²) in [5.41, 5.74) is 6.86. The van der Waals surface area contributed by atoms with E-state index in [0.29, 0.717) is 23.2 Å². The molecule has 2 N–H and O–H groups in total. The number of likely N-dealkylation sites (tertiary alicyclic amines) is 1. The molecule has 2 atom stereocenters. The van der Waals surface area contributed by atoms with Gasteiger partial charge >= 0.3 is 0 Å². The molecule has 1 saturated heterocycles. The zero-order valence-electron chi connectivity index (χ0n) is 11.6. The van der Waals surface area contributed by atoms with E-state index in [1.165, 1.54) is 0 Å². The Balaban J connectivity index is 2.41. The lowest BCUT2D eigenvalue weighted by Gasteiger charge is -2.23. The van der Waals surface area contributed by atoms with Gasteiger partial charge in [-0.1, -0.05) is 11.6 Å². The highest BCUT2D eigenvalue weighted by Crippen LogP contribution is 2.43. The average Bonchev–Trinajstić information content (AvgIpc) is 2.78. The van der Waals surface area contributed by atoms with Crippen molar-refractivity contribution < 1.29 is 9.47 Å². The molecule has 1 fully saturated rings. The van der Waals surface area contributed by atoms with E-state index in [0.717, 1.165) is 24.3 Å². The summed E-state index contributed by atoms with van der Waals surface area (Å²) in [4.78, 5) is 2.30. The number of nitrogens with zero attached hydrogens (tertiary/aromatic N) is 1. The van der Waals surface area contributed by atoms with Crippen molar-refractivity contribution in [2.45, 2.75) is 12.5 Å². The summed E-state index contributed by atoms with van der Waals surface area (Å²) in [5.74, 6) is 1.96. The molecule has 1 aromatic carbocycles. The number of rotatable bonds is 4. The first kappa shape index (κ1) is 14.4. The second-order valence-electron chi connectivity index (χ2n) is 5.02. The van der Waals surface area contributed by atoms with E-state index in [9.17, 15) is 0 Å². The van der Waals surface area contributed by atoms with Gasteiger partial charge in [-0.05, 0) is 32.0 Å². The molecule has 0 spiro atoms. The first-order chi connectivity index (χ1) is 9.10. The highest BCUT2D eigenvalue weighted by Gasteiger charge is 2.32. The van der Waals surface area contributed by atoms with Crippen molar-refractivity contribution in [3.63, 3.8) is 0 Å². The third-order valence-electron chi connectivity index (χ3n) is 3.80. The summed E-state index contributed by atoms with van der Waals surface area (Å²) < 4.78 is 10.9. The molecule has 0 aliphatic carbocycles. The fraction of sp³-hybridized carbons (Fsp3) is 0.571. The van der Waals surface area contributed by atoms with Crippen molar-refractivity contribution in [2.75, 3.05) is 34.4 Å². The molecule has 19 heavy (non-hydrogen) atoms. The van der Waals surface area contributed by atoms with Crippen LogP contribution in [0, 0.1) is 5.92 Å². The Morgan fingerprint density at radius 2 is 2.11 bits per heavy atom. The normalized spacial score (nSPS) is 23.6. The minimum Gasteiger partial charge on any atom is -0.493 e. The lowest BCUT2D eigenvalue weighted by Crippen LogP contribution is -2.21. The Morgan fingerprint density at radius 1 is 1.37 bits per heavy atom. The van der Waals surface area contributed by atoms with Gasteiger partial charge in [0.2, 0.25) is 0 Å². The molecule has 4 nitrogen and oxygen atoms in total. The molecule has 0 radical (unpaired) electrons. The van der Waals surface area contributed by atoms with Gasteiger partial charge in [-0.2, -0.15) is 0 Å². The van der Waals surface area contributed by atoms with Crippen molar-refractivity contribution in [2.24, 2.45) is 11.7 Å². The third-order valence-corrected chi connectivity index (χ3v) is 4.02. The van der Waals surface area contributed by atoms with Gasteiger partial charge in [0.15, 0.2) is 11.5 Å². The van der Waals surface area contributed by atoms with Crippen LogP contribution in [0.15, 0.2) is 12.1 Å². The minimum atomic E-state index is 0.274. The molecule has 0 amide bonds. The molecule has 2 rings (SSSR count). The van der Waals surface area contributed by atoms with Crippen LogP contribution in [0.2, 0.25) is 5.02 Å². The monoisotopic (exact) mass is 284 g/mol. The first-order valence-corrected chi connectivity index (χ1v) is 6.80. The molecule has 0 aromatic heterocycles. The van der Waals surface area contributed by atoms with Crippen molar-refractivity contribution in [3.8, 4) is 11.5 Å². The fourth-order valence-electron chi connectivity index (χ4n) is 2.85. The van der Waals surface area contributed by atoms with Crippen molar-refractivity contribution in [1.29, 1.82) is 0 Å². The molecule has 1 aliphatic rings. The Labute approximate surface area is 119 Å². The summed E-state index contributed by atoms with van der Waals surface area (Å²) in [5, 5.41) is 0.664. The van der Waals surface area contributed by atoms with Crippen LogP contribution in [0.5, 0.6) is 11.5 Å². The second kappa shape index (κ2) is 5.99. The van der Waals surface area contributed by atoms with Crippen LogP contribution in [0.3, 0.4) is 0 Å². The quantitative estimate of drug-likeness (QED) is 0.922. The van der Waals surface area contributed by atoms with Crippen LogP contribution < -0.4 is 15.2 Å². The summed E-state index contributed by atoms with van der Waals surface area (Å²) in [6.07, 6.45) is 1.02. The third kappa shape index (κ3) is 2.81. The maximum atomic E-state index is 6.18. The predicted octanol–water partition coefficient (Wildman–Crippen LogP) is 2.31. The summed E-state index contributed by atoms with van der Waals surface area (Å²) in [6.45, 7) is 1.71. The largest absolute Gasteiger partial charge is 0.493 e. The molecule has 1 heterocycles. The number of nitrogens with two attached hydrogens (primary N) is 1. The van der Waals surface area contributed by atoms with Gasteiger partial charge in [0.25, 0.3) is 0 Å². The number of halogens is 1. The van der Waals surface area contributed by atoms with E-state index in [2.05, 4.69) is 11.9 Å². The van der Waals surface area contributed by atoms with Crippen molar-refractivity contribution >= 4 is 11.6 Å². The first-order valence-electron chi connectivity index (χ1n) is 6.42. The predicted molar refractivity (Wildman–Crippen MR) is 77.1 cm³/mol. The van der Waals surface area contributed by atoms with Gasteiger partial charge < -0.3 is 15.2 Å². The standard InChI is InChI=1S/C14H21ClN2O2/c1-17-8-9(7-16)4-12(17)11-5-10(15)6-13(18-2)14(11)19-3/h5-6,9,12H,4,7-8,16H2,1-3H3. The lowest BCUT2D eigenvalue weighted by atomic mass is 9.98. The number of hydrogen-bond donors (Lipinski definition) is 1. The van der Waals surface area contributed by atoms with Crippen LogP contribution in [-0.2, 0) is 0 Å². The Kier molecular flexibility index (Phi) is 4.55. The van der Waals surface area contributed by atoms with Crippen molar-refractivity contribution in [1.82, 2.24) is 4.90 Å². The Hall–Kier alpha value is -0.970. The Morgan fingerprint density at radius 3 is 2.63 bits per heavy atom. The molecule has 1 aromatic rings. The van der Waals surface area contributed by atoms with Crippen LogP contribution in [0.1, 0.15) is 18.0 Å². The molecule has 106 valence electrons. The molecular formula is C14H21ClN2O2. The zero-order valence-corrected chi connectivity index (χ0v) is 12.4. The van der Waals surface area contributed by atoms with E-state index in [1.807, 2.05) is 6.07 Å². The molecule has 2 unspecified atom stereocenters. The van der Waals surface area contributed by atoms with E-state index >= 15 is 0 Å². The van der Waals surface area contributed by atoms with Crippen LogP contribution in [0.25, 0.3) is 0 Å². The number of hydrogen-bond acceptors (Lipinski definition) is 4. The highest BCUT2D eigenvalue weighted by atomic mass is 35.5. The fourth-order valence-corrected chi connectivity index (χ4v) is 3.06. The van der Waals surface area contributed by atoms with Gasteiger partial charge in [0.05, 0.1) is 14.2 Å². The van der Waals surface area contributed by atoms with E-state index in [1.54, 1.807) is 20.3 Å². The summed E-state index contributed by atoms with van der Waals surface area (Å²) in [6, 6.07) is 4.01. The molecule has 0 saturated carbocycles. The molecular weight excluding hydrogens is 264 g/mol.